The van der Waals surface area contributed by atoms with Gasteiger partial charge in [-0.25, -0.2) is 19.2 Å². The van der Waals surface area contributed by atoms with Gasteiger partial charge in [-0.3, -0.25) is 9.36 Å². The monoisotopic (exact) mass is 375 g/mol. The Bertz CT molecular complexity index is 1070. The topological polar surface area (TPSA) is 94.3 Å². The van der Waals surface area contributed by atoms with E-state index >= 15 is 0 Å². The molecule has 0 amide bonds. The van der Waals surface area contributed by atoms with Crippen LogP contribution in [0, 0.1) is 5.82 Å². The second-order valence-electron chi connectivity index (χ2n) is 5.13. The molecule has 0 aliphatic rings. The Morgan fingerprint density at radius 1 is 1.27 bits per heavy atom. The number of carboxylic acid groups (broad SMARTS) is 1. The Hall–Kier alpha value is -3.26. The molecule has 0 saturated carbocycles. The van der Waals surface area contributed by atoms with Crippen LogP contribution < -0.4 is 10.3 Å². The molecule has 3 aromatic heterocycles. The number of rotatable bonds is 4. The van der Waals surface area contributed by atoms with Crippen molar-refractivity contribution in [1.29, 1.82) is 0 Å². The maximum absolute atomic E-state index is 13.6. The largest absolute Gasteiger partial charge is 0.494 e. The molecule has 0 fully saturated rings. The summed E-state index contributed by atoms with van der Waals surface area (Å²) in [7, 11) is 1.40. The molecule has 0 aliphatic carbocycles. The first kappa shape index (κ1) is 17.6. The first-order chi connectivity index (χ1) is 12.4. The minimum Gasteiger partial charge on any atom is -0.494 e. The van der Waals surface area contributed by atoms with E-state index in [4.69, 9.17) is 16.3 Å². The summed E-state index contributed by atoms with van der Waals surface area (Å²) in [5.41, 5.74) is -0.509. The van der Waals surface area contributed by atoms with E-state index in [0.717, 1.165) is 16.8 Å². The minimum atomic E-state index is -1.24. The van der Waals surface area contributed by atoms with E-state index in [1.165, 1.54) is 37.7 Å². The highest BCUT2D eigenvalue weighted by molar-refractivity contribution is 6.29. The molecular formula is C17H11ClFN3O4. The van der Waals surface area contributed by atoms with Crippen LogP contribution in [0.25, 0.3) is 16.9 Å². The van der Waals surface area contributed by atoms with Gasteiger partial charge >= 0.3 is 5.97 Å². The van der Waals surface area contributed by atoms with E-state index < -0.39 is 17.3 Å². The predicted molar refractivity (Wildman–Crippen MR) is 91.5 cm³/mol. The summed E-state index contributed by atoms with van der Waals surface area (Å²) in [6.45, 7) is 0. The van der Waals surface area contributed by atoms with Crippen molar-refractivity contribution < 1.29 is 19.0 Å². The van der Waals surface area contributed by atoms with Crippen LogP contribution in [-0.4, -0.2) is 32.7 Å². The number of aromatic carboxylic acids is 1. The van der Waals surface area contributed by atoms with E-state index in [9.17, 15) is 19.1 Å². The Balaban J connectivity index is 2.31. The maximum Gasteiger partial charge on any atom is 0.337 e. The van der Waals surface area contributed by atoms with Gasteiger partial charge in [0, 0.05) is 23.5 Å². The Morgan fingerprint density at radius 2 is 2.04 bits per heavy atom. The molecule has 1 N–H and O–H groups in total. The molecule has 0 bridgehead atoms. The van der Waals surface area contributed by atoms with Crippen molar-refractivity contribution in [2.75, 3.05) is 7.11 Å². The standard InChI is InChI=1S/C17H11ClFN3O4/c1-26-13-8-20-14(18)5-10(13)9-6-15(21-7-11(9)17(24)25)22-4-2-3-12(19)16(22)23/h2-8H,1H3,(H,24,25). The summed E-state index contributed by atoms with van der Waals surface area (Å²) in [6.07, 6.45) is 3.75. The molecular weight excluding hydrogens is 365 g/mol. The lowest BCUT2D eigenvalue weighted by molar-refractivity contribution is 0.0697. The molecule has 0 aliphatic heterocycles. The number of halogens is 2. The van der Waals surface area contributed by atoms with E-state index in [1.54, 1.807) is 0 Å². The van der Waals surface area contributed by atoms with Crippen LogP contribution in [-0.2, 0) is 0 Å². The molecule has 3 heterocycles. The lowest BCUT2D eigenvalue weighted by Crippen LogP contribution is -2.21. The molecule has 26 heavy (non-hydrogen) atoms. The summed E-state index contributed by atoms with van der Waals surface area (Å²) >= 11 is 5.92. The number of hydrogen-bond donors (Lipinski definition) is 1. The fraction of sp³-hybridized carbons (Fsp3) is 0.0588. The van der Waals surface area contributed by atoms with E-state index in [-0.39, 0.29) is 27.8 Å². The zero-order valence-electron chi connectivity index (χ0n) is 13.3. The fourth-order valence-electron chi connectivity index (χ4n) is 2.41. The molecule has 7 nitrogen and oxygen atoms in total. The Kier molecular flexibility index (Phi) is 4.68. The second kappa shape index (κ2) is 6.93. The van der Waals surface area contributed by atoms with Crippen LogP contribution in [0.4, 0.5) is 4.39 Å². The van der Waals surface area contributed by atoms with Gasteiger partial charge in [-0.1, -0.05) is 11.6 Å². The van der Waals surface area contributed by atoms with Crippen LogP contribution in [0.3, 0.4) is 0 Å². The predicted octanol–water partition coefficient (Wildman–Crippen LogP) is 2.79. The number of aromatic nitrogens is 3. The highest BCUT2D eigenvalue weighted by Gasteiger charge is 2.19. The molecule has 0 atom stereocenters. The summed E-state index contributed by atoms with van der Waals surface area (Å²) in [5, 5.41) is 9.59. The van der Waals surface area contributed by atoms with Crippen molar-refractivity contribution in [2.24, 2.45) is 0 Å². The van der Waals surface area contributed by atoms with Crippen LogP contribution in [0.1, 0.15) is 10.4 Å². The summed E-state index contributed by atoms with van der Waals surface area (Å²) < 4.78 is 19.8. The molecule has 9 heteroatoms. The average molecular weight is 376 g/mol. The lowest BCUT2D eigenvalue weighted by atomic mass is 10.0. The van der Waals surface area contributed by atoms with Gasteiger partial charge in [0.05, 0.1) is 18.9 Å². The number of nitrogens with zero attached hydrogens (tertiary/aromatic N) is 3. The van der Waals surface area contributed by atoms with Crippen molar-refractivity contribution in [3.63, 3.8) is 0 Å². The fourth-order valence-corrected chi connectivity index (χ4v) is 2.57. The van der Waals surface area contributed by atoms with Crippen LogP contribution >= 0.6 is 11.6 Å². The maximum atomic E-state index is 13.6. The van der Waals surface area contributed by atoms with Crippen LogP contribution in [0.5, 0.6) is 5.75 Å². The number of ether oxygens (including phenoxy) is 1. The zero-order valence-corrected chi connectivity index (χ0v) is 14.1. The minimum absolute atomic E-state index is 0.0458. The number of carboxylic acids is 1. The lowest BCUT2D eigenvalue weighted by Gasteiger charge is -2.13. The summed E-state index contributed by atoms with van der Waals surface area (Å²) in [5.74, 6) is -1.87. The molecule has 3 rings (SSSR count). The average Bonchev–Trinajstić information content (AvgIpc) is 2.63. The summed E-state index contributed by atoms with van der Waals surface area (Å²) in [4.78, 5) is 31.4. The van der Waals surface area contributed by atoms with E-state index in [2.05, 4.69) is 9.97 Å². The van der Waals surface area contributed by atoms with Gasteiger partial charge in [0.1, 0.15) is 16.7 Å². The third-order valence-electron chi connectivity index (χ3n) is 3.61. The van der Waals surface area contributed by atoms with Gasteiger partial charge < -0.3 is 9.84 Å². The van der Waals surface area contributed by atoms with Crippen molar-refractivity contribution in [3.8, 4) is 22.7 Å². The highest BCUT2D eigenvalue weighted by atomic mass is 35.5. The molecule has 3 aromatic rings. The zero-order chi connectivity index (χ0) is 18.8. The van der Waals surface area contributed by atoms with Crippen molar-refractivity contribution in [3.05, 3.63) is 69.7 Å². The van der Waals surface area contributed by atoms with Gasteiger partial charge in [-0.2, -0.15) is 0 Å². The highest BCUT2D eigenvalue weighted by Crippen LogP contribution is 2.34. The quantitative estimate of drug-likeness (QED) is 0.705. The van der Waals surface area contributed by atoms with Gasteiger partial charge in [-0.05, 0) is 24.3 Å². The van der Waals surface area contributed by atoms with Gasteiger partial charge in [0.2, 0.25) is 0 Å². The van der Waals surface area contributed by atoms with Crippen molar-refractivity contribution >= 4 is 17.6 Å². The summed E-state index contributed by atoms with van der Waals surface area (Å²) in [6, 6.07) is 5.14. The number of pyridine rings is 3. The van der Waals surface area contributed by atoms with Crippen LogP contribution in [0.2, 0.25) is 5.15 Å². The third-order valence-corrected chi connectivity index (χ3v) is 3.82. The van der Waals surface area contributed by atoms with Crippen molar-refractivity contribution in [2.45, 2.75) is 0 Å². The molecule has 0 unspecified atom stereocenters. The smallest absolute Gasteiger partial charge is 0.337 e. The first-order valence-corrected chi connectivity index (χ1v) is 7.61. The molecule has 0 radical (unpaired) electrons. The molecule has 0 aromatic carbocycles. The van der Waals surface area contributed by atoms with Crippen LogP contribution in [0.15, 0.2) is 47.7 Å². The van der Waals surface area contributed by atoms with Gasteiger partial charge in [0.25, 0.3) is 5.56 Å². The first-order valence-electron chi connectivity index (χ1n) is 7.23. The normalized spacial score (nSPS) is 10.6. The number of carbonyl (C=O) groups is 1. The number of methoxy groups -OCH3 is 1. The molecule has 0 saturated heterocycles. The van der Waals surface area contributed by atoms with E-state index in [1.807, 2.05) is 0 Å². The Labute approximate surface area is 151 Å². The van der Waals surface area contributed by atoms with E-state index in [0.29, 0.717) is 5.56 Å². The molecule has 0 spiro atoms. The second-order valence-corrected chi connectivity index (χ2v) is 5.52. The van der Waals surface area contributed by atoms with Gasteiger partial charge in [-0.15, -0.1) is 0 Å². The van der Waals surface area contributed by atoms with Crippen molar-refractivity contribution in [1.82, 2.24) is 14.5 Å². The number of hydrogen-bond acceptors (Lipinski definition) is 5. The molecule has 132 valence electrons. The Morgan fingerprint density at radius 3 is 2.73 bits per heavy atom. The SMILES string of the molecule is COc1cnc(Cl)cc1-c1cc(-n2cccc(F)c2=O)ncc1C(=O)O. The third kappa shape index (κ3) is 3.14. The van der Waals surface area contributed by atoms with Gasteiger partial charge in [0.15, 0.2) is 5.82 Å².